The average Bonchev–Trinajstić information content (AvgIpc) is 3.17. The largest absolute Gasteiger partial charge is 0.534 e. The molecule has 0 bridgehead atoms. The molecular weight excluding hydrogens is 465 g/mol. The first-order valence-electron chi connectivity index (χ1n) is 8.27. The van der Waals surface area contributed by atoms with Crippen molar-refractivity contribution in [3.05, 3.63) is 59.4 Å². The van der Waals surface area contributed by atoms with Gasteiger partial charge in [-0.25, -0.2) is 15.0 Å². The van der Waals surface area contributed by atoms with Crippen molar-refractivity contribution in [3.8, 4) is 11.7 Å². The highest BCUT2D eigenvalue weighted by Gasteiger charge is 2.48. The van der Waals surface area contributed by atoms with E-state index in [1.807, 2.05) is 0 Å². The molecule has 164 valence electrons. The first-order chi connectivity index (χ1) is 14.5. The van der Waals surface area contributed by atoms with Crippen LogP contribution in [0.15, 0.2) is 43.0 Å². The molecule has 0 unspecified atom stereocenters. The van der Waals surface area contributed by atoms with Gasteiger partial charge in [-0.2, -0.15) is 31.4 Å². The monoisotopic (exact) mass is 476 g/mol. The normalized spacial score (nSPS) is 12.9. The lowest BCUT2D eigenvalue weighted by atomic mass is 10.2. The Kier molecular flexibility index (Phi) is 6.13. The third-order valence-electron chi connectivity index (χ3n) is 3.67. The molecule has 0 radical (unpaired) electrons. The highest BCUT2D eigenvalue weighted by molar-refractivity contribution is 7.88. The topological polar surface area (TPSA) is 129 Å². The highest BCUT2D eigenvalue weighted by Crippen LogP contribution is 2.29. The summed E-state index contributed by atoms with van der Waals surface area (Å²) < 4.78 is 65.3. The predicted octanol–water partition coefficient (Wildman–Crippen LogP) is 2.43. The lowest BCUT2D eigenvalue weighted by Gasteiger charge is -2.15. The number of carbonyl (C=O) groups excluding carboxylic acids is 1. The molecule has 3 rings (SSSR count). The fourth-order valence-corrected chi connectivity index (χ4v) is 3.03. The molecule has 1 aromatic carbocycles. The molecule has 0 aliphatic carbocycles. The number of hydrogen-bond acceptors (Lipinski definition) is 8. The standard InChI is InChI=1S/C16H12ClF3N6O4S/c1-9(13-23-8-24-26(13)15-21-3-2-4-22-15)25-14(27)10-5-11(17)7-12(6-10)30-31(28,29)16(18,19)20/h2-9H,1H3,(H,25,27)/t9-/m0/s1. The molecule has 15 heteroatoms. The minimum absolute atomic E-state index is 0.201. The minimum atomic E-state index is -5.93. The van der Waals surface area contributed by atoms with E-state index >= 15 is 0 Å². The zero-order valence-corrected chi connectivity index (χ0v) is 17.0. The fraction of sp³-hybridized carbons (Fsp3) is 0.188. The van der Waals surface area contributed by atoms with Gasteiger partial charge >= 0.3 is 15.6 Å². The molecule has 0 aliphatic heterocycles. The number of nitrogens with zero attached hydrogens (tertiary/aromatic N) is 5. The van der Waals surface area contributed by atoms with E-state index in [0.717, 1.165) is 18.2 Å². The highest BCUT2D eigenvalue weighted by atomic mass is 35.5. The summed E-state index contributed by atoms with van der Waals surface area (Å²) in [4.78, 5) is 24.7. The summed E-state index contributed by atoms with van der Waals surface area (Å²) in [5.41, 5.74) is -5.88. The van der Waals surface area contributed by atoms with E-state index in [9.17, 15) is 26.4 Å². The van der Waals surface area contributed by atoms with Crippen LogP contribution in [0.25, 0.3) is 5.95 Å². The molecule has 1 N–H and O–H groups in total. The summed E-state index contributed by atoms with van der Waals surface area (Å²) in [5.74, 6) is -1.10. The maximum Gasteiger partial charge on any atom is 0.534 e. The van der Waals surface area contributed by atoms with Gasteiger partial charge in [0.25, 0.3) is 11.9 Å². The Morgan fingerprint density at radius 2 is 1.87 bits per heavy atom. The average molecular weight is 477 g/mol. The Labute approximate surface area is 178 Å². The lowest BCUT2D eigenvalue weighted by Crippen LogP contribution is -2.29. The van der Waals surface area contributed by atoms with Gasteiger partial charge in [-0.1, -0.05) is 11.6 Å². The molecule has 2 aromatic heterocycles. The van der Waals surface area contributed by atoms with Crippen molar-refractivity contribution in [1.82, 2.24) is 30.0 Å². The van der Waals surface area contributed by atoms with Gasteiger partial charge in [0.1, 0.15) is 12.1 Å². The van der Waals surface area contributed by atoms with Gasteiger partial charge in [-0.05, 0) is 25.1 Å². The Morgan fingerprint density at radius 1 is 1.19 bits per heavy atom. The van der Waals surface area contributed by atoms with Crippen LogP contribution in [0.3, 0.4) is 0 Å². The van der Waals surface area contributed by atoms with Crippen LogP contribution in [0.1, 0.15) is 29.1 Å². The predicted molar refractivity (Wildman–Crippen MR) is 99.9 cm³/mol. The van der Waals surface area contributed by atoms with Gasteiger partial charge in [0.15, 0.2) is 5.82 Å². The molecular formula is C16H12ClF3N6O4S. The van der Waals surface area contributed by atoms with E-state index < -0.39 is 33.3 Å². The Bertz CT molecular complexity index is 1200. The molecule has 1 amide bonds. The Morgan fingerprint density at radius 3 is 2.52 bits per heavy atom. The van der Waals surface area contributed by atoms with Gasteiger partial charge in [0.05, 0.1) is 6.04 Å². The molecule has 2 heterocycles. The van der Waals surface area contributed by atoms with Crippen molar-refractivity contribution >= 4 is 27.6 Å². The van der Waals surface area contributed by atoms with Crippen LogP contribution >= 0.6 is 11.6 Å². The number of nitrogens with one attached hydrogen (secondary N) is 1. The minimum Gasteiger partial charge on any atom is -0.376 e. The van der Waals surface area contributed by atoms with Crippen LogP contribution in [-0.2, 0) is 10.1 Å². The zero-order valence-electron chi connectivity index (χ0n) is 15.4. The summed E-state index contributed by atoms with van der Waals surface area (Å²) in [6, 6.07) is 3.61. The van der Waals surface area contributed by atoms with Crippen LogP contribution in [-0.4, -0.2) is 44.6 Å². The number of halogens is 4. The van der Waals surface area contributed by atoms with Crippen LogP contribution < -0.4 is 9.50 Å². The third kappa shape index (κ3) is 5.08. The van der Waals surface area contributed by atoms with Crippen molar-refractivity contribution in [2.24, 2.45) is 0 Å². The van der Waals surface area contributed by atoms with E-state index in [0.29, 0.717) is 0 Å². The van der Waals surface area contributed by atoms with E-state index in [2.05, 4.69) is 29.6 Å². The first-order valence-corrected chi connectivity index (χ1v) is 10.1. The van der Waals surface area contributed by atoms with Gasteiger partial charge in [0, 0.05) is 29.0 Å². The second-order valence-corrected chi connectivity index (χ2v) is 7.91. The summed E-state index contributed by atoms with van der Waals surface area (Å²) in [6.07, 6.45) is 4.20. The quantitative estimate of drug-likeness (QED) is 0.424. The number of rotatable bonds is 6. The van der Waals surface area contributed by atoms with Crippen LogP contribution in [0, 0.1) is 0 Å². The second-order valence-electron chi connectivity index (χ2n) is 5.93. The fourth-order valence-electron chi connectivity index (χ4n) is 2.36. The second kappa shape index (κ2) is 8.47. The van der Waals surface area contributed by atoms with E-state index in [-0.39, 0.29) is 22.4 Å². The maximum atomic E-state index is 12.6. The maximum absolute atomic E-state index is 12.6. The van der Waals surface area contributed by atoms with Gasteiger partial charge in [-0.15, -0.1) is 0 Å². The number of carbonyl (C=O) groups is 1. The first kappa shape index (κ1) is 22.4. The molecule has 31 heavy (non-hydrogen) atoms. The molecule has 0 saturated heterocycles. The number of aromatic nitrogens is 5. The van der Waals surface area contributed by atoms with Gasteiger partial charge in [0.2, 0.25) is 0 Å². The SMILES string of the molecule is C[C@H](NC(=O)c1cc(Cl)cc(OS(=O)(=O)C(F)(F)F)c1)c1ncnn1-c1ncccn1. The van der Waals surface area contributed by atoms with Crippen molar-refractivity contribution in [1.29, 1.82) is 0 Å². The van der Waals surface area contributed by atoms with Crippen LogP contribution in [0.5, 0.6) is 5.75 Å². The number of amides is 1. The number of alkyl halides is 3. The third-order valence-corrected chi connectivity index (χ3v) is 4.87. The molecule has 0 aliphatic rings. The molecule has 0 fully saturated rings. The summed E-state index contributed by atoms with van der Waals surface area (Å²) >= 11 is 5.80. The molecule has 1 atom stereocenters. The van der Waals surface area contributed by atoms with E-state index in [4.69, 9.17) is 11.6 Å². The summed E-state index contributed by atoms with van der Waals surface area (Å²) in [7, 11) is -5.93. The smallest absolute Gasteiger partial charge is 0.376 e. The lowest BCUT2D eigenvalue weighted by molar-refractivity contribution is -0.0500. The summed E-state index contributed by atoms with van der Waals surface area (Å²) in [5, 5.41) is 6.33. The van der Waals surface area contributed by atoms with Crippen molar-refractivity contribution in [2.75, 3.05) is 0 Å². The molecule has 3 aromatic rings. The number of hydrogen-bond donors (Lipinski definition) is 1. The van der Waals surface area contributed by atoms with Crippen molar-refractivity contribution < 1.29 is 30.6 Å². The molecule has 10 nitrogen and oxygen atoms in total. The molecule has 0 spiro atoms. The molecule has 0 saturated carbocycles. The van der Waals surface area contributed by atoms with Crippen molar-refractivity contribution in [2.45, 2.75) is 18.5 Å². The van der Waals surface area contributed by atoms with Gasteiger partial charge < -0.3 is 9.50 Å². The van der Waals surface area contributed by atoms with Crippen molar-refractivity contribution in [3.63, 3.8) is 0 Å². The van der Waals surface area contributed by atoms with E-state index in [1.165, 1.54) is 23.4 Å². The van der Waals surface area contributed by atoms with Crippen LogP contribution in [0.2, 0.25) is 5.02 Å². The zero-order chi connectivity index (χ0) is 22.8. The van der Waals surface area contributed by atoms with Gasteiger partial charge in [-0.3, -0.25) is 4.79 Å². The number of benzene rings is 1. The van der Waals surface area contributed by atoms with Crippen LogP contribution in [0.4, 0.5) is 13.2 Å². The Hall–Kier alpha value is -3.26. The Balaban J connectivity index is 1.82. The van der Waals surface area contributed by atoms with E-state index in [1.54, 1.807) is 13.0 Å². The summed E-state index contributed by atoms with van der Waals surface area (Å²) in [6.45, 7) is 1.57.